The lowest BCUT2D eigenvalue weighted by Gasteiger charge is -2.39. The SMILES string of the molecule is CCNC(=NCC(c1cccnc1)C(C)C)N1CCSC(C)(C)C1.I. The van der Waals surface area contributed by atoms with Gasteiger partial charge in [-0.1, -0.05) is 19.9 Å². The van der Waals surface area contributed by atoms with Crippen molar-refractivity contribution in [2.45, 2.75) is 45.3 Å². The zero-order valence-electron chi connectivity index (χ0n) is 16.2. The van der Waals surface area contributed by atoms with Crippen molar-refractivity contribution in [3.8, 4) is 0 Å². The first-order valence-corrected chi connectivity index (χ1v) is 9.98. The number of aromatic nitrogens is 1. The molecule has 0 radical (unpaired) electrons. The van der Waals surface area contributed by atoms with Gasteiger partial charge in [0.2, 0.25) is 0 Å². The van der Waals surface area contributed by atoms with E-state index < -0.39 is 0 Å². The first-order valence-electron chi connectivity index (χ1n) is 9.00. The molecule has 4 nitrogen and oxygen atoms in total. The number of aliphatic imine (C=N–C) groups is 1. The Hall–Kier alpha value is -0.500. The van der Waals surface area contributed by atoms with Crippen LogP contribution in [0.3, 0.4) is 0 Å². The number of thioether (sulfide) groups is 1. The average Bonchev–Trinajstić information content (AvgIpc) is 2.54. The minimum atomic E-state index is 0. The predicted octanol–water partition coefficient (Wildman–Crippen LogP) is 4.23. The summed E-state index contributed by atoms with van der Waals surface area (Å²) in [6, 6.07) is 4.19. The second kappa shape index (κ2) is 10.6. The van der Waals surface area contributed by atoms with Gasteiger partial charge in [-0.15, -0.1) is 24.0 Å². The van der Waals surface area contributed by atoms with Crippen LogP contribution in [-0.2, 0) is 0 Å². The Kier molecular flexibility index (Phi) is 9.56. The molecule has 1 atom stereocenters. The number of hydrogen-bond donors (Lipinski definition) is 1. The fourth-order valence-corrected chi connectivity index (χ4v) is 4.22. The Morgan fingerprint density at radius 3 is 2.76 bits per heavy atom. The molecule has 1 aromatic rings. The third kappa shape index (κ3) is 6.96. The number of guanidine groups is 1. The molecular formula is C19H33IN4S. The molecule has 1 saturated heterocycles. The van der Waals surface area contributed by atoms with E-state index in [1.165, 1.54) is 5.56 Å². The van der Waals surface area contributed by atoms with Crippen LogP contribution in [-0.4, -0.2) is 52.5 Å². The number of rotatable bonds is 5. The van der Waals surface area contributed by atoms with Crippen molar-refractivity contribution in [2.75, 3.05) is 31.9 Å². The zero-order chi connectivity index (χ0) is 17.6. The van der Waals surface area contributed by atoms with Crippen LogP contribution >= 0.6 is 35.7 Å². The molecule has 0 aromatic carbocycles. The van der Waals surface area contributed by atoms with Crippen LogP contribution in [0.25, 0.3) is 0 Å². The minimum absolute atomic E-state index is 0. The van der Waals surface area contributed by atoms with Crippen molar-refractivity contribution < 1.29 is 0 Å². The molecule has 6 heteroatoms. The van der Waals surface area contributed by atoms with Gasteiger partial charge >= 0.3 is 0 Å². The molecule has 1 N–H and O–H groups in total. The molecule has 1 aliphatic rings. The molecular weight excluding hydrogens is 443 g/mol. The van der Waals surface area contributed by atoms with Crippen LogP contribution in [0, 0.1) is 5.92 Å². The molecule has 0 bridgehead atoms. The Balaban J connectivity index is 0.00000312. The lowest BCUT2D eigenvalue weighted by molar-refractivity contribution is 0.374. The molecule has 2 heterocycles. The van der Waals surface area contributed by atoms with Crippen molar-refractivity contribution >= 4 is 41.7 Å². The van der Waals surface area contributed by atoms with Crippen LogP contribution in [0.5, 0.6) is 0 Å². The first-order chi connectivity index (χ1) is 11.4. The van der Waals surface area contributed by atoms with Gasteiger partial charge in [-0.2, -0.15) is 11.8 Å². The van der Waals surface area contributed by atoms with Gasteiger partial charge in [0.25, 0.3) is 0 Å². The van der Waals surface area contributed by atoms with E-state index in [0.717, 1.165) is 37.9 Å². The van der Waals surface area contributed by atoms with E-state index in [0.29, 0.717) is 11.8 Å². The number of nitrogens with zero attached hydrogens (tertiary/aromatic N) is 3. The molecule has 25 heavy (non-hydrogen) atoms. The van der Waals surface area contributed by atoms with Gasteiger partial charge < -0.3 is 10.2 Å². The number of halogens is 1. The van der Waals surface area contributed by atoms with Gasteiger partial charge in [-0.25, -0.2) is 0 Å². The van der Waals surface area contributed by atoms with Crippen molar-refractivity contribution in [1.29, 1.82) is 0 Å². The second-order valence-electron chi connectivity index (χ2n) is 7.36. The van der Waals surface area contributed by atoms with Gasteiger partial charge in [-0.3, -0.25) is 9.98 Å². The summed E-state index contributed by atoms with van der Waals surface area (Å²) in [5, 5.41) is 3.49. The molecule has 1 aliphatic heterocycles. The maximum absolute atomic E-state index is 5.00. The summed E-state index contributed by atoms with van der Waals surface area (Å²) in [6.45, 7) is 15.1. The first kappa shape index (κ1) is 22.5. The quantitative estimate of drug-likeness (QED) is 0.392. The largest absolute Gasteiger partial charge is 0.357 e. The van der Waals surface area contributed by atoms with Gasteiger partial charge in [0.15, 0.2) is 5.96 Å². The van der Waals surface area contributed by atoms with Crippen molar-refractivity contribution in [1.82, 2.24) is 15.2 Å². The van der Waals surface area contributed by atoms with Crippen LogP contribution in [0.2, 0.25) is 0 Å². The lowest BCUT2D eigenvalue weighted by atomic mass is 9.89. The van der Waals surface area contributed by atoms with E-state index in [-0.39, 0.29) is 28.7 Å². The standard InChI is InChI=1S/C19H32N4S.HI/c1-6-21-18(23-10-11-24-19(4,5)14-23)22-13-17(15(2)3)16-8-7-9-20-12-16;/h7-9,12,15,17H,6,10-11,13-14H2,1-5H3,(H,21,22);1H. The Morgan fingerprint density at radius 1 is 1.44 bits per heavy atom. The molecule has 2 rings (SSSR count). The minimum Gasteiger partial charge on any atom is -0.357 e. The van der Waals surface area contributed by atoms with Crippen LogP contribution in [0.4, 0.5) is 0 Å². The molecule has 0 amide bonds. The van der Waals surface area contributed by atoms with Crippen LogP contribution in [0.1, 0.15) is 46.1 Å². The molecule has 1 fully saturated rings. The third-order valence-electron chi connectivity index (χ3n) is 4.42. The van der Waals surface area contributed by atoms with E-state index >= 15 is 0 Å². The van der Waals surface area contributed by atoms with E-state index in [1.54, 1.807) is 0 Å². The second-order valence-corrected chi connectivity index (χ2v) is 9.16. The lowest BCUT2D eigenvalue weighted by Crippen LogP contribution is -2.51. The van der Waals surface area contributed by atoms with Gasteiger partial charge in [-0.05, 0) is 38.3 Å². The molecule has 1 unspecified atom stereocenters. The van der Waals surface area contributed by atoms with Gasteiger partial charge in [0, 0.05) is 55.0 Å². The van der Waals surface area contributed by atoms with Crippen molar-refractivity contribution in [2.24, 2.45) is 10.9 Å². The van der Waals surface area contributed by atoms with E-state index in [9.17, 15) is 0 Å². The Bertz CT molecular complexity index is 533. The Labute approximate surface area is 174 Å². The summed E-state index contributed by atoms with van der Waals surface area (Å²) in [5.74, 6) is 3.15. The number of nitrogens with one attached hydrogen (secondary N) is 1. The average molecular weight is 476 g/mol. The molecule has 0 spiro atoms. The highest BCUT2D eigenvalue weighted by atomic mass is 127. The maximum atomic E-state index is 5.00. The zero-order valence-corrected chi connectivity index (χ0v) is 19.3. The highest BCUT2D eigenvalue weighted by molar-refractivity contribution is 14.0. The Morgan fingerprint density at radius 2 is 2.20 bits per heavy atom. The normalized spacial score (nSPS) is 18.6. The smallest absolute Gasteiger partial charge is 0.194 e. The van der Waals surface area contributed by atoms with Crippen molar-refractivity contribution in [3.05, 3.63) is 30.1 Å². The number of hydrogen-bond acceptors (Lipinski definition) is 3. The maximum Gasteiger partial charge on any atom is 0.194 e. The van der Waals surface area contributed by atoms with E-state index in [1.807, 2.05) is 18.5 Å². The monoisotopic (exact) mass is 476 g/mol. The van der Waals surface area contributed by atoms with Gasteiger partial charge in [0.1, 0.15) is 0 Å². The van der Waals surface area contributed by atoms with Crippen LogP contribution in [0.15, 0.2) is 29.5 Å². The highest BCUT2D eigenvalue weighted by Gasteiger charge is 2.29. The summed E-state index contributed by atoms with van der Waals surface area (Å²) in [5.41, 5.74) is 1.28. The molecule has 0 saturated carbocycles. The van der Waals surface area contributed by atoms with E-state index in [2.05, 4.69) is 67.6 Å². The molecule has 0 aliphatic carbocycles. The number of pyridine rings is 1. The topological polar surface area (TPSA) is 40.5 Å². The summed E-state index contributed by atoms with van der Waals surface area (Å²) in [6.07, 6.45) is 3.81. The molecule has 1 aromatic heterocycles. The van der Waals surface area contributed by atoms with Crippen LogP contribution < -0.4 is 5.32 Å². The fourth-order valence-electron chi connectivity index (χ4n) is 3.10. The summed E-state index contributed by atoms with van der Waals surface area (Å²) in [7, 11) is 0. The van der Waals surface area contributed by atoms with E-state index in [4.69, 9.17) is 4.99 Å². The summed E-state index contributed by atoms with van der Waals surface area (Å²) < 4.78 is 0.287. The third-order valence-corrected chi connectivity index (χ3v) is 5.71. The highest BCUT2D eigenvalue weighted by Crippen LogP contribution is 2.30. The van der Waals surface area contributed by atoms with Crippen molar-refractivity contribution in [3.63, 3.8) is 0 Å². The predicted molar refractivity (Wildman–Crippen MR) is 121 cm³/mol. The summed E-state index contributed by atoms with van der Waals surface area (Å²) >= 11 is 2.05. The fraction of sp³-hybridized carbons (Fsp3) is 0.684. The van der Waals surface area contributed by atoms with Gasteiger partial charge in [0.05, 0.1) is 0 Å². The molecule has 142 valence electrons. The summed E-state index contributed by atoms with van der Waals surface area (Å²) in [4.78, 5) is 11.7.